The van der Waals surface area contributed by atoms with Gasteiger partial charge in [-0.1, -0.05) is 0 Å². The Morgan fingerprint density at radius 2 is 2.08 bits per heavy atom. The van der Waals surface area contributed by atoms with Crippen LogP contribution in [0.15, 0.2) is 12.7 Å². The van der Waals surface area contributed by atoms with Gasteiger partial charge in [-0.2, -0.15) is 0 Å². The van der Waals surface area contributed by atoms with Gasteiger partial charge < -0.3 is 24.7 Å². The van der Waals surface area contributed by atoms with Crippen molar-refractivity contribution < 1.29 is 23.7 Å². The van der Waals surface area contributed by atoms with Crippen molar-refractivity contribution in [3.8, 4) is 0 Å². The summed E-state index contributed by atoms with van der Waals surface area (Å²) in [5.41, 5.74) is 6.87. The average molecular weight is 349 g/mol. The lowest BCUT2D eigenvalue weighted by Gasteiger charge is -2.24. The van der Waals surface area contributed by atoms with E-state index in [2.05, 4.69) is 15.0 Å². The molecule has 0 radical (unpaired) electrons. The van der Waals surface area contributed by atoms with E-state index in [1.807, 2.05) is 13.8 Å². The second-order valence-electron chi connectivity index (χ2n) is 6.52. The number of nitrogens with two attached hydrogens (primary N) is 1. The minimum Gasteiger partial charge on any atom is -0.463 e. The van der Waals surface area contributed by atoms with Crippen molar-refractivity contribution >= 4 is 23.0 Å². The van der Waals surface area contributed by atoms with Crippen LogP contribution in [0.3, 0.4) is 0 Å². The summed E-state index contributed by atoms with van der Waals surface area (Å²) in [7, 11) is 0. The molecule has 2 aromatic heterocycles. The molecule has 2 aliphatic heterocycles. The van der Waals surface area contributed by atoms with Crippen molar-refractivity contribution in [2.24, 2.45) is 0 Å². The average Bonchev–Trinajstić information content (AvgIpc) is 3.17. The first-order valence-corrected chi connectivity index (χ1v) is 7.93. The maximum atomic E-state index is 11.1. The van der Waals surface area contributed by atoms with E-state index in [4.69, 9.17) is 24.7 Å². The lowest BCUT2D eigenvalue weighted by atomic mass is 10.1. The molecular weight excluding hydrogens is 330 g/mol. The van der Waals surface area contributed by atoms with Gasteiger partial charge in [0, 0.05) is 6.92 Å². The van der Waals surface area contributed by atoms with E-state index < -0.39 is 24.2 Å². The van der Waals surface area contributed by atoms with Crippen molar-refractivity contribution in [1.82, 2.24) is 19.5 Å². The summed E-state index contributed by atoms with van der Waals surface area (Å²) in [4.78, 5) is 23.6. The molecule has 0 spiro atoms. The molecule has 2 aromatic rings. The Labute approximate surface area is 143 Å². The maximum absolute atomic E-state index is 11.1. The van der Waals surface area contributed by atoms with Crippen LogP contribution in [0, 0.1) is 0 Å². The van der Waals surface area contributed by atoms with Crippen molar-refractivity contribution in [3.05, 3.63) is 12.7 Å². The smallest absolute Gasteiger partial charge is 0.302 e. The van der Waals surface area contributed by atoms with Gasteiger partial charge in [0.05, 0.1) is 6.33 Å². The number of esters is 1. The quantitative estimate of drug-likeness (QED) is 0.783. The van der Waals surface area contributed by atoms with Crippen LogP contribution in [0.1, 0.15) is 27.0 Å². The Morgan fingerprint density at radius 3 is 2.84 bits per heavy atom. The number of carbonyl (C=O) groups is 1. The van der Waals surface area contributed by atoms with Crippen LogP contribution in [-0.4, -0.2) is 56.2 Å². The summed E-state index contributed by atoms with van der Waals surface area (Å²) >= 11 is 0. The van der Waals surface area contributed by atoms with Gasteiger partial charge >= 0.3 is 5.97 Å². The lowest BCUT2D eigenvalue weighted by Crippen LogP contribution is -2.33. The molecule has 4 rings (SSSR count). The lowest BCUT2D eigenvalue weighted by molar-refractivity contribution is -0.201. The molecule has 10 nitrogen and oxygen atoms in total. The highest BCUT2D eigenvalue weighted by Crippen LogP contribution is 2.43. The largest absolute Gasteiger partial charge is 0.463 e. The molecule has 134 valence electrons. The maximum Gasteiger partial charge on any atom is 0.302 e. The summed E-state index contributed by atoms with van der Waals surface area (Å²) < 4.78 is 24.9. The van der Waals surface area contributed by atoms with Gasteiger partial charge in [-0.25, -0.2) is 15.0 Å². The minimum atomic E-state index is -0.768. The normalized spacial score (nSPS) is 30.5. The van der Waals surface area contributed by atoms with Gasteiger partial charge in [0.25, 0.3) is 0 Å². The predicted octanol–water partition coefficient (Wildman–Crippen LogP) is 0.389. The number of imidazole rings is 1. The van der Waals surface area contributed by atoms with Crippen molar-refractivity contribution in [2.75, 3.05) is 12.3 Å². The number of hydrogen-bond acceptors (Lipinski definition) is 9. The third-order valence-corrected chi connectivity index (χ3v) is 4.24. The van der Waals surface area contributed by atoms with E-state index in [1.165, 1.54) is 13.3 Å². The number of hydrogen-bond donors (Lipinski definition) is 1. The molecule has 4 unspecified atom stereocenters. The molecule has 0 aromatic carbocycles. The number of carbonyl (C=O) groups excluding carboxylic acids is 1. The molecule has 2 N–H and O–H groups in total. The number of rotatable bonds is 3. The fraction of sp³-hybridized carbons (Fsp3) is 0.600. The van der Waals surface area contributed by atoms with Gasteiger partial charge in [-0.15, -0.1) is 0 Å². The first-order valence-electron chi connectivity index (χ1n) is 7.93. The number of nitrogens with zero attached hydrogens (tertiary/aromatic N) is 4. The van der Waals surface area contributed by atoms with Crippen molar-refractivity contribution in [3.63, 3.8) is 0 Å². The zero-order valence-corrected chi connectivity index (χ0v) is 14.1. The molecule has 0 amide bonds. The topological polar surface area (TPSA) is 124 Å². The highest BCUT2D eigenvalue weighted by atomic mass is 16.8. The number of ether oxygens (including phenoxy) is 4. The van der Waals surface area contributed by atoms with Crippen LogP contribution >= 0.6 is 0 Å². The monoisotopic (exact) mass is 349 g/mol. The molecular formula is C15H19N5O5. The molecule has 0 bridgehead atoms. The fourth-order valence-corrected chi connectivity index (χ4v) is 3.27. The third-order valence-electron chi connectivity index (χ3n) is 4.24. The van der Waals surface area contributed by atoms with Gasteiger partial charge in [0.1, 0.15) is 36.8 Å². The van der Waals surface area contributed by atoms with Crippen molar-refractivity contribution in [1.29, 1.82) is 0 Å². The first-order chi connectivity index (χ1) is 11.9. The molecule has 25 heavy (non-hydrogen) atoms. The van der Waals surface area contributed by atoms with Crippen LogP contribution in [-0.2, 0) is 23.7 Å². The van der Waals surface area contributed by atoms with Crippen LogP contribution in [0.5, 0.6) is 0 Å². The van der Waals surface area contributed by atoms with E-state index in [-0.39, 0.29) is 18.7 Å². The molecule has 2 fully saturated rings. The Kier molecular flexibility index (Phi) is 3.63. The Hall–Kier alpha value is -2.30. The van der Waals surface area contributed by atoms with Crippen LogP contribution in [0.25, 0.3) is 11.2 Å². The summed E-state index contributed by atoms with van der Waals surface area (Å²) in [5, 5.41) is 0. The summed E-state index contributed by atoms with van der Waals surface area (Å²) in [6.07, 6.45) is 1.18. The second-order valence-corrected chi connectivity index (χ2v) is 6.52. The van der Waals surface area contributed by atoms with Gasteiger partial charge in [-0.05, 0) is 13.8 Å². The van der Waals surface area contributed by atoms with Gasteiger partial charge in [0.15, 0.2) is 23.5 Å². The molecule has 2 saturated heterocycles. The second kappa shape index (κ2) is 5.61. The standard InChI is InChI=1S/C15H19N5O5/c1-7(21)22-4-8-10-11(25-15(2,3)24-10)14(23-8)20-6-19-9-12(16)17-5-18-13(9)20/h5-6,8,10-11,14H,4H2,1-3H3,(H2,16,17,18). The molecule has 4 atom stereocenters. The van der Waals surface area contributed by atoms with Gasteiger partial charge in [-0.3, -0.25) is 9.36 Å². The summed E-state index contributed by atoms with van der Waals surface area (Å²) in [5.74, 6) is -0.856. The summed E-state index contributed by atoms with van der Waals surface area (Å²) in [6, 6.07) is 0. The van der Waals surface area contributed by atoms with E-state index in [9.17, 15) is 4.79 Å². The molecule has 4 heterocycles. The molecule has 0 aliphatic carbocycles. The van der Waals surface area contributed by atoms with E-state index in [1.54, 1.807) is 10.9 Å². The fourth-order valence-electron chi connectivity index (χ4n) is 3.27. The minimum absolute atomic E-state index is 0.0796. The number of nitrogen functional groups attached to an aromatic ring is 1. The third kappa shape index (κ3) is 2.71. The first kappa shape index (κ1) is 16.2. The summed E-state index contributed by atoms with van der Waals surface area (Å²) in [6.45, 7) is 5.09. The molecule has 2 aliphatic rings. The Balaban J connectivity index is 1.68. The number of anilines is 1. The predicted molar refractivity (Wildman–Crippen MR) is 84.1 cm³/mol. The van der Waals surface area contributed by atoms with Gasteiger partial charge in [0.2, 0.25) is 0 Å². The Morgan fingerprint density at radius 1 is 1.32 bits per heavy atom. The van der Waals surface area contributed by atoms with E-state index >= 15 is 0 Å². The van der Waals surface area contributed by atoms with Crippen LogP contribution in [0.2, 0.25) is 0 Å². The Bertz CT molecular complexity index is 822. The zero-order chi connectivity index (χ0) is 17.8. The number of fused-ring (bicyclic) bond motifs is 2. The van der Waals surface area contributed by atoms with Crippen LogP contribution in [0.4, 0.5) is 5.82 Å². The SMILES string of the molecule is CC(=O)OCC1OC(n2cnc3c(N)ncnc32)C2OC(C)(C)OC12. The molecule has 0 saturated carbocycles. The number of aromatic nitrogens is 4. The van der Waals surface area contributed by atoms with Crippen LogP contribution < -0.4 is 5.73 Å². The zero-order valence-electron chi connectivity index (χ0n) is 14.1. The highest BCUT2D eigenvalue weighted by molar-refractivity contribution is 5.81. The molecule has 10 heteroatoms. The highest BCUT2D eigenvalue weighted by Gasteiger charge is 2.56. The van der Waals surface area contributed by atoms with Crippen molar-refractivity contribution in [2.45, 2.75) is 51.1 Å². The van der Waals surface area contributed by atoms with E-state index in [0.717, 1.165) is 0 Å². The van der Waals surface area contributed by atoms with E-state index in [0.29, 0.717) is 17.0 Å².